The normalized spacial score (nSPS) is 10.9. The summed E-state index contributed by atoms with van der Waals surface area (Å²) in [5.41, 5.74) is 7.92. The fraction of sp³-hybridized carbons (Fsp3) is 0.278. The Bertz CT molecular complexity index is 831. The molecule has 0 fully saturated rings. The number of nitrogens with two attached hydrogens (primary N) is 1. The molecular weight excluding hydrogens is 318 g/mol. The molecule has 0 radical (unpaired) electrons. The fourth-order valence-corrected chi connectivity index (χ4v) is 3.44. The number of nitrogens with zero attached hydrogens (tertiary/aromatic N) is 4. The molecule has 1 aromatic carbocycles. The zero-order chi connectivity index (χ0) is 16.9. The molecular formula is C18H21N5S. The smallest absolute Gasteiger partial charge is 0.156 e. The van der Waals surface area contributed by atoms with Crippen molar-refractivity contribution in [3.63, 3.8) is 0 Å². The van der Waals surface area contributed by atoms with Crippen LogP contribution in [0.4, 0.5) is 11.5 Å². The molecule has 2 N–H and O–H groups in total. The second kappa shape index (κ2) is 7.49. The van der Waals surface area contributed by atoms with E-state index in [-0.39, 0.29) is 0 Å². The molecule has 6 heteroatoms. The van der Waals surface area contributed by atoms with Crippen LogP contribution in [-0.2, 0) is 0 Å². The highest BCUT2D eigenvalue weighted by atomic mass is 32.2. The zero-order valence-electron chi connectivity index (χ0n) is 13.9. The minimum atomic E-state index is 0.619. The average molecular weight is 339 g/mol. The summed E-state index contributed by atoms with van der Waals surface area (Å²) < 4.78 is 0. The number of unbranched alkanes of at least 4 members (excludes halogenated alkanes) is 1. The van der Waals surface area contributed by atoms with Gasteiger partial charge in [-0.15, -0.1) is 0 Å². The van der Waals surface area contributed by atoms with E-state index >= 15 is 0 Å². The Morgan fingerprint density at radius 1 is 1.12 bits per heavy atom. The number of pyridine rings is 1. The maximum absolute atomic E-state index is 6.34. The molecule has 24 heavy (non-hydrogen) atoms. The quantitative estimate of drug-likeness (QED) is 0.685. The standard InChI is InChI=1S/C18H21N5S/c1-3-4-11-23(2)17-15(19)18(22-12-21-17)24-14-9-5-7-13-8-6-10-20-16(13)14/h5-10,12H,3-4,11,19H2,1-2H3. The van der Waals surface area contributed by atoms with Crippen LogP contribution in [0.3, 0.4) is 0 Å². The third-order valence-electron chi connectivity index (χ3n) is 3.84. The summed E-state index contributed by atoms with van der Waals surface area (Å²) in [4.78, 5) is 16.4. The summed E-state index contributed by atoms with van der Waals surface area (Å²) in [6.45, 7) is 3.10. The maximum Gasteiger partial charge on any atom is 0.156 e. The van der Waals surface area contributed by atoms with Gasteiger partial charge in [0.05, 0.1) is 5.52 Å². The number of benzene rings is 1. The fourth-order valence-electron chi connectivity index (χ4n) is 2.52. The van der Waals surface area contributed by atoms with E-state index in [1.54, 1.807) is 12.5 Å². The molecule has 0 unspecified atom stereocenters. The first-order valence-corrected chi connectivity index (χ1v) is 8.85. The summed E-state index contributed by atoms with van der Waals surface area (Å²) in [6, 6.07) is 10.1. The van der Waals surface area contributed by atoms with Crippen LogP contribution in [0.5, 0.6) is 0 Å². The molecule has 0 spiro atoms. The van der Waals surface area contributed by atoms with Gasteiger partial charge in [-0.2, -0.15) is 0 Å². The number of para-hydroxylation sites is 1. The second-order valence-corrected chi connectivity index (χ2v) is 6.66. The summed E-state index contributed by atoms with van der Waals surface area (Å²) >= 11 is 1.53. The van der Waals surface area contributed by atoms with Crippen LogP contribution in [-0.4, -0.2) is 28.5 Å². The molecule has 0 saturated heterocycles. The number of rotatable bonds is 6. The van der Waals surface area contributed by atoms with Crippen molar-refractivity contribution in [2.75, 3.05) is 24.2 Å². The molecule has 2 aromatic heterocycles. The van der Waals surface area contributed by atoms with E-state index in [1.165, 1.54) is 11.8 Å². The summed E-state index contributed by atoms with van der Waals surface area (Å²) in [5, 5.41) is 1.87. The van der Waals surface area contributed by atoms with Gasteiger partial charge in [-0.05, 0) is 18.6 Å². The molecule has 0 bridgehead atoms. The van der Waals surface area contributed by atoms with Gasteiger partial charge >= 0.3 is 0 Å². The largest absolute Gasteiger partial charge is 0.394 e. The number of fused-ring (bicyclic) bond motifs is 1. The molecule has 0 atom stereocenters. The van der Waals surface area contributed by atoms with Crippen molar-refractivity contribution < 1.29 is 0 Å². The lowest BCUT2D eigenvalue weighted by Gasteiger charge is -2.20. The molecule has 3 rings (SSSR count). The third kappa shape index (κ3) is 3.43. The van der Waals surface area contributed by atoms with E-state index in [2.05, 4.69) is 38.9 Å². The minimum Gasteiger partial charge on any atom is -0.394 e. The van der Waals surface area contributed by atoms with Crippen LogP contribution in [0.1, 0.15) is 19.8 Å². The van der Waals surface area contributed by atoms with Crippen molar-refractivity contribution in [3.8, 4) is 0 Å². The van der Waals surface area contributed by atoms with Gasteiger partial charge in [0, 0.05) is 30.1 Å². The number of nitrogen functional groups attached to an aromatic ring is 1. The monoisotopic (exact) mass is 339 g/mol. The molecule has 124 valence electrons. The minimum absolute atomic E-state index is 0.619. The van der Waals surface area contributed by atoms with E-state index < -0.39 is 0 Å². The molecule has 3 aromatic rings. The van der Waals surface area contributed by atoms with Gasteiger partial charge < -0.3 is 10.6 Å². The Morgan fingerprint density at radius 3 is 2.79 bits per heavy atom. The van der Waals surface area contributed by atoms with E-state index in [9.17, 15) is 0 Å². The molecule has 0 aliphatic heterocycles. The van der Waals surface area contributed by atoms with Crippen molar-refractivity contribution in [1.29, 1.82) is 0 Å². The van der Waals surface area contributed by atoms with Gasteiger partial charge in [0.1, 0.15) is 17.0 Å². The van der Waals surface area contributed by atoms with Crippen LogP contribution in [0.15, 0.2) is 52.8 Å². The third-order valence-corrected chi connectivity index (χ3v) is 4.91. The molecule has 0 aliphatic rings. The van der Waals surface area contributed by atoms with E-state index in [1.807, 2.05) is 25.2 Å². The Hall–Kier alpha value is -2.34. The SMILES string of the molecule is CCCCN(C)c1ncnc(Sc2cccc3cccnc23)c1N. The molecule has 5 nitrogen and oxygen atoms in total. The Kier molecular flexibility index (Phi) is 5.15. The van der Waals surface area contributed by atoms with Gasteiger partial charge in [0.25, 0.3) is 0 Å². The highest BCUT2D eigenvalue weighted by Crippen LogP contribution is 2.36. The first-order valence-electron chi connectivity index (χ1n) is 8.04. The lowest BCUT2D eigenvalue weighted by atomic mass is 10.2. The van der Waals surface area contributed by atoms with Gasteiger partial charge in [-0.1, -0.05) is 43.3 Å². The van der Waals surface area contributed by atoms with Gasteiger partial charge in [0.15, 0.2) is 5.82 Å². The predicted octanol–water partition coefficient (Wildman–Crippen LogP) is 3.99. The van der Waals surface area contributed by atoms with Gasteiger partial charge in [-0.3, -0.25) is 4.98 Å². The Balaban J connectivity index is 1.92. The maximum atomic E-state index is 6.34. The molecule has 0 aliphatic carbocycles. The number of anilines is 2. The van der Waals surface area contributed by atoms with E-state index in [0.29, 0.717) is 5.69 Å². The zero-order valence-corrected chi connectivity index (χ0v) is 14.8. The molecule has 0 amide bonds. The molecule has 2 heterocycles. The van der Waals surface area contributed by atoms with Crippen LogP contribution < -0.4 is 10.6 Å². The van der Waals surface area contributed by atoms with Crippen LogP contribution in [0, 0.1) is 0 Å². The lowest BCUT2D eigenvalue weighted by molar-refractivity contribution is 0.757. The van der Waals surface area contributed by atoms with Gasteiger partial charge in [-0.25, -0.2) is 9.97 Å². The van der Waals surface area contributed by atoms with Crippen molar-refractivity contribution in [3.05, 3.63) is 42.9 Å². The van der Waals surface area contributed by atoms with Gasteiger partial charge in [0.2, 0.25) is 0 Å². The second-order valence-electron chi connectivity index (χ2n) is 5.62. The lowest BCUT2D eigenvalue weighted by Crippen LogP contribution is -2.21. The van der Waals surface area contributed by atoms with E-state index in [0.717, 1.165) is 46.0 Å². The number of hydrogen-bond donors (Lipinski definition) is 1. The van der Waals surface area contributed by atoms with Crippen LogP contribution in [0.25, 0.3) is 10.9 Å². The van der Waals surface area contributed by atoms with Crippen LogP contribution >= 0.6 is 11.8 Å². The first-order chi connectivity index (χ1) is 11.7. The highest BCUT2D eigenvalue weighted by Gasteiger charge is 2.14. The average Bonchev–Trinajstić information content (AvgIpc) is 2.61. The topological polar surface area (TPSA) is 67.9 Å². The Morgan fingerprint density at radius 2 is 1.96 bits per heavy atom. The van der Waals surface area contributed by atoms with Crippen LogP contribution in [0.2, 0.25) is 0 Å². The van der Waals surface area contributed by atoms with E-state index in [4.69, 9.17) is 5.73 Å². The van der Waals surface area contributed by atoms with Crippen molar-refractivity contribution in [2.45, 2.75) is 29.7 Å². The highest BCUT2D eigenvalue weighted by molar-refractivity contribution is 7.99. The first kappa shape index (κ1) is 16.5. The molecule has 0 saturated carbocycles. The number of hydrogen-bond acceptors (Lipinski definition) is 6. The number of aromatic nitrogens is 3. The van der Waals surface area contributed by atoms with Crippen molar-refractivity contribution in [2.24, 2.45) is 0 Å². The summed E-state index contributed by atoms with van der Waals surface area (Å²) in [6.07, 6.45) is 5.63. The predicted molar refractivity (Wildman–Crippen MR) is 100 cm³/mol. The summed E-state index contributed by atoms with van der Waals surface area (Å²) in [5.74, 6) is 0.786. The Labute approximate surface area is 146 Å². The van der Waals surface area contributed by atoms with Crippen molar-refractivity contribution >= 4 is 34.2 Å². The van der Waals surface area contributed by atoms with Crippen molar-refractivity contribution in [1.82, 2.24) is 15.0 Å². The summed E-state index contributed by atoms with van der Waals surface area (Å²) in [7, 11) is 2.02.